The number of alkyl halides is 6. The molecule has 10 heteroatoms. The first-order chi connectivity index (χ1) is 11.0. The molecule has 3 nitrogen and oxygen atoms in total. The van der Waals surface area contributed by atoms with Crippen molar-refractivity contribution in [3.05, 3.63) is 29.0 Å². The maximum Gasteiger partial charge on any atom is 0.391 e. The van der Waals surface area contributed by atoms with E-state index in [0.717, 1.165) is 0 Å². The molecule has 1 amide bonds. The van der Waals surface area contributed by atoms with Crippen LogP contribution in [0.1, 0.15) is 29.6 Å². The van der Waals surface area contributed by atoms with Gasteiger partial charge in [-0.05, 0) is 31.4 Å². The van der Waals surface area contributed by atoms with E-state index in [0.29, 0.717) is 0 Å². The van der Waals surface area contributed by atoms with Gasteiger partial charge in [0.05, 0.1) is 17.4 Å². The first-order valence-electron chi connectivity index (χ1n) is 7.03. The number of hydrogen-bond acceptors (Lipinski definition) is 2. The van der Waals surface area contributed by atoms with Gasteiger partial charge in [0, 0.05) is 12.2 Å². The highest BCUT2D eigenvalue weighted by molar-refractivity contribution is 6.32. The molecule has 0 spiro atoms. The number of rotatable bonds is 2. The van der Waals surface area contributed by atoms with Crippen molar-refractivity contribution < 1.29 is 31.1 Å². The molecule has 0 saturated heterocycles. The molecule has 24 heavy (non-hydrogen) atoms. The molecule has 1 heterocycles. The summed E-state index contributed by atoms with van der Waals surface area (Å²) in [6.07, 6.45) is -10.4. The third kappa shape index (κ3) is 4.52. The Bertz CT molecular complexity index is 582. The maximum absolute atomic E-state index is 12.9. The fourth-order valence-corrected chi connectivity index (χ4v) is 3.00. The van der Waals surface area contributed by atoms with Crippen LogP contribution in [0.15, 0.2) is 18.3 Å². The zero-order valence-corrected chi connectivity index (χ0v) is 12.8. The van der Waals surface area contributed by atoms with E-state index in [1.165, 1.54) is 18.3 Å². The second-order valence-corrected chi connectivity index (χ2v) is 6.05. The van der Waals surface area contributed by atoms with E-state index in [1.54, 1.807) is 0 Å². The summed E-state index contributed by atoms with van der Waals surface area (Å²) in [7, 11) is 0. The molecule has 2 rings (SSSR count). The van der Waals surface area contributed by atoms with Crippen molar-refractivity contribution in [2.45, 2.75) is 37.7 Å². The molecule has 1 saturated carbocycles. The second-order valence-electron chi connectivity index (χ2n) is 5.70. The Kier molecular flexibility index (Phi) is 5.31. The van der Waals surface area contributed by atoms with Gasteiger partial charge < -0.3 is 5.32 Å². The fourth-order valence-electron chi connectivity index (χ4n) is 2.79. The Balaban J connectivity index is 2.16. The Morgan fingerprint density at radius 3 is 2.08 bits per heavy atom. The average Bonchev–Trinajstić information content (AvgIpc) is 2.45. The zero-order chi connectivity index (χ0) is 18.1. The molecule has 3 atom stereocenters. The maximum atomic E-state index is 12.9. The number of aromatic nitrogens is 1. The van der Waals surface area contributed by atoms with Gasteiger partial charge in [0.25, 0.3) is 5.91 Å². The molecular formula is C14H13ClF6N2O. The van der Waals surface area contributed by atoms with Gasteiger partial charge in [-0.1, -0.05) is 11.6 Å². The van der Waals surface area contributed by atoms with E-state index >= 15 is 0 Å². The van der Waals surface area contributed by atoms with Gasteiger partial charge in [-0.2, -0.15) is 26.3 Å². The van der Waals surface area contributed by atoms with Gasteiger partial charge in [-0.25, -0.2) is 4.98 Å². The average molecular weight is 375 g/mol. The van der Waals surface area contributed by atoms with Crippen LogP contribution in [0, 0.1) is 11.8 Å². The highest BCUT2D eigenvalue weighted by Crippen LogP contribution is 2.45. The van der Waals surface area contributed by atoms with Crippen molar-refractivity contribution in [3.8, 4) is 0 Å². The standard InChI is InChI=1S/C14H13ClF6N2O/c15-11-10(2-1-3-22-11)12(24)23-9-5-7(13(16,17)18)4-8(6-9)14(19,20)21/h1-3,7-9H,4-6H2,(H,23,24)/t7-,8+,9?. The van der Waals surface area contributed by atoms with Gasteiger partial charge in [-0.15, -0.1) is 0 Å². The number of nitrogens with zero attached hydrogens (tertiary/aromatic N) is 1. The van der Waals surface area contributed by atoms with Crippen LogP contribution in [-0.4, -0.2) is 29.3 Å². The summed E-state index contributed by atoms with van der Waals surface area (Å²) in [6, 6.07) is 1.43. The molecule has 0 aromatic carbocycles. The first-order valence-corrected chi connectivity index (χ1v) is 7.41. The summed E-state index contributed by atoms with van der Waals surface area (Å²) in [4.78, 5) is 15.7. The van der Waals surface area contributed by atoms with E-state index in [9.17, 15) is 31.1 Å². The highest BCUT2D eigenvalue weighted by atomic mass is 35.5. The van der Waals surface area contributed by atoms with E-state index in [-0.39, 0.29) is 10.7 Å². The molecule has 1 fully saturated rings. The second kappa shape index (κ2) is 6.78. The zero-order valence-electron chi connectivity index (χ0n) is 12.1. The third-order valence-electron chi connectivity index (χ3n) is 3.97. The fraction of sp³-hybridized carbons (Fsp3) is 0.571. The Hall–Kier alpha value is -1.51. The van der Waals surface area contributed by atoms with Gasteiger partial charge in [0.2, 0.25) is 0 Å². The largest absolute Gasteiger partial charge is 0.391 e. The topological polar surface area (TPSA) is 42.0 Å². The molecule has 0 aliphatic heterocycles. The lowest BCUT2D eigenvalue weighted by atomic mass is 9.77. The molecule has 1 aromatic heterocycles. The minimum absolute atomic E-state index is 0.100. The lowest BCUT2D eigenvalue weighted by Gasteiger charge is -2.37. The van der Waals surface area contributed by atoms with Gasteiger partial charge in [0.1, 0.15) is 5.15 Å². The molecule has 134 valence electrons. The summed E-state index contributed by atoms with van der Waals surface area (Å²) in [6.45, 7) is 0. The Morgan fingerprint density at radius 1 is 1.08 bits per heavy atom. The number of hydrogen-bond donors (Lipinski definition) is 1. The van der Waals surface area contributed by atoms with Crippen molar-refractivity contribution in [2.24, 2.45) is 11.8 Å². The molecule has 0 bridgehead atoms. The molecular weight excluding hydrogens is 362 g/mol. The smallest absolute Gasteiger partial charge is 0.349 e. The van der Waals surface area contributed by atoms with Crippen LogP contribution >= 0.6 is 11.6 Å². The summed E-state index contributed by atoms with van der Waals surface area (Å²) in [5.74, 6) is -5.08. The molecule has 1 aliphatic rings. The molecule has 0 radical (unpaired) electrons. The summed E-state index contributed by atoms with van der Waals surface area (Å²) < 4.78 is 77.3. The Morgan fingerprint density at radius 2 is 1.62 bits per heavy atom. The SMILES string of the molecule is O=C(NC1C[C@@H](C(F)(F)F)C[C@@H](C(F)(F)F)C1)c1cccnc1Cl. The number of halogens is 7. The van der Waals surface area contributed by atoms with Crippen molar-refractivity contribution in [2.75, 3.05) is 0 Å². The molecule has 1 aliphatic carbocycles. The summed E-state index contributed by atoms with van der Waals surface area (Å²) >= 11 is 5.71. The number of nitrogens with one attached hydrogen (secondary N) is 1. The normalized spacial score (nSPS) is 25.4. The van der Waals surface area contributed by atoms with Crippen LogP contribution in [-0.2, 0) is 0 Å². The van der Waals surface area contributed by atoms with Crippen molar-refractivity contribution >= 4 is 17.5 Å². The van der Waals surface area contributed by atoms with E-state index in [1.807, 2.05) is 0 Å². The minimum Gasteiger partial charge on any atom is -0.349 e. The molecule has 1 unspecified atom stereocenters. The predicted octanol–water partition coefficient (Wildman–Crippen LogP) is 4.37. The number of pyridine rings is 1. The van der Waals surface area contributed by atoms with Crippen LogP contribution in [0.25, 0.3) is 0 Å². The molecule has 1 N–H and O–H groups in total. The van der Waals surface area contributed by atoms with Crippen LogP contribution in [0.2, 0.25) is 5.15 Å². The van der Waals surface area contributed by atoms with Gasteiger partial charge in [0.15, 0.2) is 0 Å². The summed E-state index contributed by atoms with van der Waals surface area (Å²) in [5, 5.41) is 2.04. The summed E-state index contributed by atoms with van der Waals surface area (Å²) in [5.41, 5.74) is -0.100. The van der Waals surface area contributed by atoms with E-state index < -0.39 is 55.4 Å². The lowest BCUT2D eigenvalue weighted by Crippen LogP contribution is -2.47. The first kappa shape index (κ1) is 18.8. The number of carbonyl (C=O) groups excluding carboxylic acids is 1. The Labute approximate surface area is 138 Å². The van der Waals surface area contributed by atoms with Crippen LogP contribution in [0.4, 0.5) is 26.3 Å². The van der Waals surface area contributed by atoms with Crippen LogP contribution in [0.3, 0.4) is 0 Å². The van der Waals surface area contributed by atoms with E-state index in [4.69, 9.17) is 11.6 Å². The quantitative estimate of drug-likeness (QED) is 0.617. The van der Waals surface area contributed by atoms with Crippen molar-refractivity contribution in [1.29, 1.82) is 0 Å². The van der Waals surface area contributed by atoms with Crippen molar-refractivity contribution in [3.63, 3.8) is 0 Å². The minimum atomic E-state index is -4.75. The number of carbonyl (C=O) groups is 1. The van der Waals surface area contributed by atoms with E-state index in [2.05, 4.69) is 10.3 Å². The number of amides is 1. The third-order valence-corrected chi connectivity index (χ3v) is 4.27. The van der Waals surface area contributed by atoms with Gasteiger partial charge in [-0.3, -0.25) is 4.79 Å². The highest BCUT2D eigenvalue weighted by Gasteiger charge is 2.52. The monoisotopic (exact) mass is 374 g/mol. The predicted molar refractivity (Wildman–Crippen MR) is 73.4 cm³/mol. The van der Waals surface area contributed by atoms with Crippen LogP contribution < -0.4 is 5.32 Å². The molecule has 1 aromatic rings. The van der Waals surface area contributed by atoms with Crippen LogP contribution in [0.5, 0.6) is 0 Å². The van der Waals surface area contributed by atoms with Crippen molar-refractivity contribution in [1.82, 2.24) is 10.3 Å². The van der Waals surface area contributed by atoms with Gasteiger partial charge >= 0.3 is 12.4 Å². The lowest BCUT2D eigenvalue weighted by molar-refractivity contribution is -0.225.